The van der Waals surface area contributed by atoms with Gasteiger partial charge in [-0.3, -0.25) is 4.79 Å². The number of aromatic nitrogens is 2. The fourth-order valence-electron chi connectivity index (χ4n) is 3.73. The molecule has 1 aromatic carbocycles. The summed E-state index contributed by atoms with van der Waals surface area (Å²) in [5.74, 6) is 0.457. The zero-order chi connectivity index (χ0) is 18.3. The fourth-order valence-corrected chi connectivity index (χ4v) is 3.73. The maximum absolute atomic E-state index is 12.8. The van der Waals surface area contributed by atoms with E-state index in [0.29, 0.717) is 25.2 Å². The number of benzene rings is 1. The summed E-state index contributed by atoms with van der Waals surface area (Å²) in [6.45, 7) is 2.18. The maximum atomic E-state index is 12.8. The number of amides is 3. The predicted octanol–water partition coefficient (Wildman–Crippen LogP) is 2.12. The van der Waals surface area contributed by atoms with Crippen LogP contribution in [-0.4, -0.2) is 32.5 Å². The summed E-state index contributed by atoms with van der Waals surface area (Å²) in [6.07, 6.45) is 3.25. The summed E-state index contributed by atoms with van der Waals surface area (Å²) in [7, 11) is 0. The molecule has 1 aromatic heterocycles. The molecule has 0 bridgehead atoms. The lowest BCUT2D eigenvalue weighted by Crippen LogP contribution is -2.44. The molecule has 26 heavy (non-hydrogen) atoms. The van der Waals surface area contributed by atoms with Crippen molar-refractivity contribution < 1.29 is 14.1 Å². The van der Waals surface area contributed by atoms with Gasteiger partial charge in [0, 0.05) is 12.1 Å². The highest BCUT2D eigenvalue weighted by Crippen LogP contribution is 2.38. The molecule has 2 fully saturated rings. The van der Waals surface area contributed by atoms with E-state index in [1.807, 2.05) is 24.3 Å². The van der Waals surface area contributed by atoms with Crippen LogP contribution in [0.2, 0.25) is 0 Å². The first-order valence-electron chi connectivity index (χ1n) is 8.83. The van der Waals surface area contributed by atoms with E-state index in [9.17, 15) is 9.59 Å². The van der Waals surface area contributed by atoms with Gasteiger partial charge in [0.05, 0.1) is 0 Å². The number of carbonyl (C=O) groups excluding carboxylic acids is 2. The molecule has 136 valence electrons. The lowest BCUT2D eigenvalue weighted by molar-refractivity contribution is -0.132. The maximum Gasteiger partial charge on any atom is 0.325 e. The van der Waals surface area contributed by atoms with Crippen LogP contribution in [0.15, 0.2) is 28.8 Å². The zero-order valence-corrected chi connectivity index (χ0v) is 14.6. The number of urea groups is 1. The van der Waals surface area contributed by atoms with Gasteiger partial charge in [0.1, 0.15) is 11.6 Å². The molecule has 1 atom stereocenters. The van der Waals surface area contributed by atoms with Gasteiger partial charge < -0.3 is 15.6 Å². The van der Waals surface area contributed by atoms with Crippen LogP contribution in [0.25, 0.3) is 11.4 Å². The third kappa shape index (κ3) is 2.57. The average molecular weight is 355 g/mol. The standard InChI is InChI=1S/C18H21N5O3/c1-11(23-16(24)18(21-17(23)25)8-2-3-9-18)15-20-14(22-26-15)13-6-4-12(10-19)5-7-13/h4-7,11H,2-3,8-10,19H2,1H3,(H,21,25). The number of nitrogens with two attached hydrogens (primary N) is 1. The molecule has 8 heteroatoms. The van der Waals surface area contributed by atoms with Crippen molar-refractivity contribution in [1.82, 2.24) is 20.4 Å². The van der Waals surface area contributed by atoms with Crippen molar-refractivity contribution in [3.8, 4) is 11.4 Å². The van der Waals surface area contributed by atoms with Crippen molar-refractivity contribution in [2.75, 3.05) is 0 Å². The Morgan fingerprint density at radius 2 is 1.96 bits per heavy atom. The molecule has 3 amide bonds. The van der Waals surface area contributed by atoms with Gasteiger partial charge in [-0.15, -0.1) is 0 Å². The first-order chi connectivity index (χ1) is 12.5. The second-order valence-corrected chi connectivity index (χ2v) is 6.93. The minimum absolute atomic E-state index is 0.195. The van der Waals surface area contributed by atoms with E-state index in [2.05, 4.69) is 15.5 Å². The van der Waals surface area contributed by atoms with Crippen LogP contribution in [0, 0.1) is 0 Å². The second-order valence-electron chi connectivity index (χ2n) is 6.93. The quantitative estimate of drug-likeness (QED) is 0.812. The monoisotopic (exact) mass is 355 g/mol. The highest BCUT2D eigenvalue weighted by atomic mass is 16.5. The molecule has 8 nitrogen and oxygen atoms in total. The number of hydrogen-bond donors (Lipinski definition) is 2. The number of carbonyl (C=O) groups is 2. The number of imide groups is 1. The largest absolute Gasteiger partial charge is 0.337 e. The lowest BCUT2D eigenvalue weighted by atomic mass is 9.98. The Balaban J connectivity index is 1.57. The number of hydrogen-bond acceptors (Lipinski definition) is 6. The van der Waals surface area contributed by atoms with E-state index < -0.39 is 17.6 Å². The molecule has 1 aliphatic heterocycles. The van der Waals surface area contributed by atoms with Crippen LogP contribution in [0.1, 0.15) is 50.1 Å². The summed E-state index contributed by atoms with van der Waals surface area (Å²) in [5, 5.41) is 6.85. The topological polar surface area (TPSA) is 114 Å². The van der Waals surface area contributed by atoms with E-state index in [0.717, 1.165) is 24.0 Å². The molecule has 1 saturated carbocycles. The van der Waals surface area contributed by atoms with E-state index in [1.54, 1.807) is 6.92 Å². The SMILES string of the molecule is CC(c1nc(-c2ccc(CN)cc2)no1)N1C(=O)NC2(CCCC2)C1=O. The average Bonchev–Trinajstić information content (AvgIpc) is 3.36. The van der Waals surface area contributed by atoms with Crippen LogP contribution in [-0.2, 0) is 11.3 Å². The highest BCUT2D eigenvalue weighted by Gasteiger charge is 2.54. The fraction of sp³-hybridized carbons (Fsp3) is 0.444. The van der Waals surface area contributed by atoms with E-state index in [-0.39, 0.29) is 11.8 Å². The first-order valence-corrected chi connectivity index (χ1v) is 8.83. The summed E-state index contributed by atoms with van der Waals surface area (Å²) in [5.41, 5.74) is 6.65. The van der Waals surface area contributed by atoms with Crippen molar-refractivity contribution in [3.63, 3.8) is 0 Å². The van der Waals surface area contributed by atoms with Crippen molar-refractivity contribution in [1.29, 1.82) is 0 Å². The Hall–Kier alpha value is -2.74. The summed E-state index contributed by atoms with van der Waals surface area (Å²) >= 11 is 0. The summed E-state index contributed by atoms with van der Waals surface area (Å²) in [4.78, 5) is 30.8. The van der Waals surface area contributed by atoms with E-state index in [1.165, 1.54) is 4.90 Å². The molecular formula is C18H21N5O3. The highest BCUT2D eigenvalue weighted by molar-refractivity contribution is 6.07. The van der Waals surface area contributed by atoms with Gasteiger partial charge in [0.25, 0.3) is 5.91 Å². The van der Waals surface area contributed by atoms with E-state index in [4.69, 9.17) is 10.3 Å². The van der Waals surface area contributed by atoms with Crippen molar-refractivity contribution in [3.05, 3.63) is 35.7 Å². The Morgan fingerprint density at radius 3 is 2.62 bits per heavy atom. The van der Waals surface area contributed by atoms with Crippen molar-refractivity contribution in [2.45, 2.75) is 50.7 Å². The number of nitrogens with one attached hydrogen (secondary N) is 1. The van der Waals surface area contributed by atoms with Gasteiger partial charge in [-0.05, 0) is 25.3 Å². The smallest absolute Gasteiger partial charge is 0.325 e. The Kier molecular flexibility index (Phi) is 3.99. The van der Waals surface area contributed by atoms with Gasteiger partial charge in [0.2, 0.25) is 11.7 Å². The predicted molar refractivity (Wildman–Crippen MR) is 92.6 cm³/mol. The Morgan fingerprint density at radius 1 is 1.27 bits per heavy atom. The van der Waals surface area contributed by atoms with Crippen molar-refractivity contribution >= 4 is 11.9 Å². The summed E-state index contributed by atoms with van der Waals surface area (Å²) in [6, 6.07) is 6.51. The molecule has 4 rings (SSSR count). The minimum atomic E-state index is -0.744. The molecule has 1 aliphatic carbocycles. The van der Waals surface area contributed by atoms with Crippen LogP contribution in [0.4, 0.5) is 4.79 Å². The molecule has 0 radical (unpaired) electrons. The molecule has 1 saturated heterocycles. The van der Waals surface area contributed by atoms with Crippen LogP contribution in [0.3, 0.4) is 0 Å². The van der Waals surface area contributed by atoms with Gasteiger partial charge in [-0.25, -0.2) is 9.69 Å². The van der Waals surface area contributed by atoms with Crippen LogP contribution in [0.5, 0.6) is 0 Å². The zero-order valence-electron chi connectivity index (χ0n) is 14.6. The normalized spacial score (nSPS) is 20.0. The van der Waals surface area contributed by atoms with Gasteiger partial charge in [-0.2, -0.15) is 4.98 Å². The Labute approximate surface area is 150 Å². The lowest BCUT2D eigenvalue weighted by Gasteiger charge is -2.22. The molecule has 2 heterocycles. The van der Waals surface area contributed by atoms with Crippen molar-refractivity contribution in [2.24, 2.45) is 5.73 Å². The first kappa shape index (κ1) is 16.7. The molecule has 2 aromatic rings. The van der Waals surface area contributed by atoms with E-state index >= 15 is 0 Å². The number of rotatable bonds is 4. The van der Waals surface area contributed by atoms with Gasteiger partial charge >= 0.3 is 6.03 Å². The third-order valence-corrected chi connectivity index (χ3v) is 5.28. The molecule has 1 unspecified atom stereocenters. The second kappa shape index (κ2) is 6.21. The van der Waals surface area contributed by atoms with Gasteiger partial charge in [0.15, 0.2) is 0 Å². The van der Waals surface area contributed by atoms with Crippen LogP contribution < -0.4 is 11.1 Å². The molecular weight excluding hydrogens is 334 g/mol. The number of nitrogens with zero attached hydrogens (tertiary/aromatic N) is 3. The third-order valence-electron chi connectivity index (χ3n) is 5.28. The molecule has 2 aliphatic rings. The summed E-state index contributed by atoms with van der Waals surface area (Å²) < 4.78 is 5.34. The van der Waals surface area contributed by atoms with Gasteiger partial charge in [-0.1, -0.05) is 42.3 Å². The minimum Gasteiger partial charge on any atom is -0.337 e. The molecule has 3 N–H and O–H groups in total. The van der Waals surface area contributed by atoms with Crippen LogP contribution >= 0.6 is 0 Å². The Bertz CT molecular complexity index is 839. The molecule has 1 spiro atoms.